The second-order valence-electron chi connectivity index (χ2n) is 3.42. The van der Waals surface area contributed by atoms with Crippen LogP contribution in [0, 0.1) is 0 Å². The first-order valence-electron chi connectivity index (χ1n) is 5.11. The number of nitrogens with zero attached hydrogens (tertiary/aromatic N) is 1. The first-order valence-corrected chi connectivity index (χ1v) is 5.11. The molecule has 0 spiro atoms. The van der Waals surface area contributed by atoms with Crippen LogP contribution in [0.3, 0.4) is 0 Å². The zero-order valence-electron chi connectivity index (χ0n) is 8.29. The maximum absolute atomic E-state index is 11.5. The van der Waals surface area contributed by atoms with Gasteiger partial charge in [0.2, 0.25) is 0 Å². The SMILES string of the molecule is CCCCCC(=O)C1COCC[N]1. The number of carbonyl (C=O) groups excluding carboxylic acids is 1. The van der Waals surface area contributed by atoms with E-state index in [1.165, 1.54) is 0 Å². The molecule has 1 radical (unpaired) electrons. The third-order valence-electron chi connectivity index (χ3n) is 2.26. The topological polar surface area (TPSA) is 40.4 Å². The summed E-state index contributed by atoms with van der Waals surface area (Å²) in [6, 6.07) is -0.161. The van der Waals surface area contributed by atoms with Crippen LogP contribution >= 0.6 is 0 Å². The first-order chi connectivity index (χ1) is 6.34. The number of ketones is 1. The van der Waals surface area contributed by atoms with Gasteiger partial charge < -0.3 is 4.74 Å². The maximum atomic E-state index is 11.5. The van der Waals surface area contributed by atoms with Gasteiger partial charge in [0.25, 0.3) is 0 Å². The standard InChI is InChI=1S/C10H18NO2/c1-2-3-4-5-10(12)9-8-13-7-6-11-9/h9H,2-8H2,1H3. The van der Waals surface area contributed by atoms with Crippen LogP contribution in [0.25, 0.3) is 0 Å². The van der Waals surface area contributed by atoms with Gasteiger partial charge in [-0.1, -0.05) is 19.8 Å². The Morgan fingerprint density at radius 1 is 1.54 bits per heavy atom. The van der Waals surface area contributed by atoms with Crippen LogP contribution in [0.5, 0.6) is 0 Å². The van der Waals surface area contributed by atoms with E-state index < -0.39 is 0 Å². The Hall–Kier alpha value is -0.410. The molecule has 0 amide bonds. The Morgan fingerprint density at radius 2 is 2.38 bits per heavy atom. The van der Waals surface area contributed by atoms with Crippen LogP contribution in [0.15, 0.2) is 0 Å². The van der Waals surface area contributed by atoms with Gasteiger partial charge in [-0.05, 0) is 6.42 Å². The summed E-state index contributed by atoms with van der Waals surface area (Å²) in [5.74, 6) is 0.258. The van der Waals surface area contributed by atoms with Gasteiger partial charge in [0.15, 0.2) is 5.78 Å². The lowest BCUT2D eigenvalue weighted by Gasteiger charge is -2.20. The van der Waals surface area contributed by atoms with Crippen molar-refractivity contribution in [1.29, 1.82) is 0 Å². The average molecular weight is 184 g/mol. The van der Waals surface area contributed by atoms with E-state index in [-0.39, 0.29) is 11.8 Å². The molecule has 1 saturated heterocycles. The Kier molecular flexibility index (Phi) is 5.01. The summed E-state index contributed by atoms with van der Waals surface area (Å²) < 4.78 is 5.19. The fraction of sp³-hybridized carbons (Fsp3) is 0.900. The number of hydrogen-bond donors (Lipinski definition) is 0. The molecule has 3 nitrogen and oxygen atoms in total. The van der Waals surface area contributed by atoms with E-state index in [4.69, 9.17) is 4.74 Å². The fourth-order valence-electron chi connectivity index (χ4n) is 1.43. The Labute approximate surface area is 79.8 Å². The summed E-state index contributed by atoms with van der Waals surface area (Å²) in [4.78, 5) is 11.5. The van der Waals surface area contributed by atoms with E-state index in [0.29, 0.717) is 26.2 Å². The van der Waals surface area contributed by atoms with Crippen molar-refractivity contribution < 1.29 is 9.53 Å². The molecule has 75 valence electrons. The number of unbranched alkanes of at least 4 members (excludes halogenated alkanes) is 2. The minimum Gasteiger partial charge on any atom is -0.378 e. The van der Waals surface area contributed by atoms with Gasteiger partial charge in [-0.15, -0.1) is 0 Å². The molecule has 1 fully saturated rings. The molecule has 1 atom stereocenters. The van der Waals surface area contributed by atoms with Gasteiger partial charge in [0, 0.05) is 13.0 Å². The van der Waals surface area contributed by atoms with Crippen molar-refractivity contribution in [2.75, 3.05) is 19.8 Å². The molecule has 0 aromatic heterocycles. The number of ether oxygens (including phenoxy) is 1. The molecule has 1 aliphatic heterocycles. The number of morpholine rings is 1. The lowest BCUT2D eigenvalue weighted by atomic mass is 10.1. The van der Waals surface area contributed by atoms with Crippen molar-refractivity contribution in [3.05, 3.63) is 0 Å². The van der Waals surface area contributed by atoms with Gasteiger partial charge in [-0.3, -0.25) is 4.79 Å². The molecular formula is C10H18NO2. The average Bonchev–Trinajstić information content (AvgIpc) is 2.19. The van der Waals surface area contributed by atoms with Crippen LogP contribution in [-0.2, 0) is 9.53 Å². The summed E-state index contributed by atoms with van der Waals surface area (Å²) in [6.45, 7) is 4.01. The van der Waals surface area contributed by atoms with Gasteiger partial charge in [-0.25, -0.2) is 5.32 Å². The smallest absolute Gasteiger partial charge is 0.153 e. The predicted octanol–water partition coefficient (Wildman–Crippen LogP) is 1.14. The zero-order valence-corrected chi connectivity index (χ0v) is 8.29. The summed E-state index contributed by atoms with van der Waals surface area (Å²) in [5, 5.41) is 4.23. The van der Waals surface area contributed by atoms with E-state index >= 15 is 0 Å². The Balaban J connectivity index is 2.13. The molecule has 1 unspecified atom stereocenters. The van der Waals surface area contributed by atoms with Gasteiger partial charge in [-0.2, -0.15) is 0 Å². The molecule has 13 heavy (non-hydrogen) atoms. The number of hydrogen-bond acceptors (Lipinski definition) is 2. The highest BCUT2D eigenvalue weighted by Gasteiger charge is 2.21. The largest absolute Gasteiger partial charge is 0.378 e. The summed E-state index contributed by atoms with van der Waals surface area (Å²) in [5.41, 5.74) is 0. The highest BCUT2D eigenvalue weighted by Crippen LogP contribution is 2.05. The highest BCUT2D eigenvalue weighted by atomic mass is 16.5. The van der Waals surface area contributed by atoms with Crippen LogP contribution in [0.4, 0.5) is 0 Å². The molecule has 0 N–H and O–H groups in total. The van der Waals surface area contributed by atoms with Crippen LogP contribution in [-0.4, -0.2) is 31.6 Å². The van der Waals surface area contributed by atoms with Crippen LogP contribution in [0.1, 0.15) is 32.6 Å². The Morgan fingerprint density at radius 3 is 3.00 bits per heavy atom. The number of rotatable bonds is 5. The van der Waals surface area contributed by atoms with Gasteiger partial charge in [0.1, 0.15) is 6.04 Å². The van der Waals surface area contributed by atoms with E-state index in [1.807, 2.05) is 0 Å². The monoisotopic (exact) mass is 184 g/mol. The highest BCUT2D eigenvalue weighted by molar-refractivity contribution is 5.84. The second-order valence-corrected chi connectivity index (χ2v) is 3.42. The molecule has 0 bridgehead atoms. The van der Waals surface area contributed by atoms with E-state index in [9.17, 15) is 4.79 Å². The van der Waals surface area contributed by atoms with Crippen molar-refractivity contribution in [3.8, 4) is 0 Å². The lowest BCUT2D eigenvalue weighted by molar-refractivity contribution is -0.124. The first kappa shape index (κ1) is 10.7. The summed E-state index contributed by atoms with van der Waals surface area (Å²) in [6.07, 6.45) is 3.97. The maximum Gasteiger partial charge on any atom is 0.153 e. The van der Waals surface area contributed by atoms with E-state index in [2.05, 4.69) is 12.2 Å². The summed E-state index contributed by atoms with van der Waals surface area (Å²) in [7, 11) is 0. The molecule has 0 aliphatic carbocycles. The molecule has 1 aliphatic rings. The lowest BCUT2D eigenvalue weighted by Crippen LogP contribution is -2.41. The van der Waals surface area contributed by atoms with E-state index in [1.54, 1.807) is 0 Å². The van der Waals surface area contributed by atoms with Crippen LogP contribution in [0.2, 0.25) is 0 Å². The third-order valence-corrected chi connectivity index (χ3v) is 2.26. The molecule has 0 aromatic carbocycles. The summed E-state index contributed by atoms with van der Waals surface area (Å²) >= 11 is 0. The van der Waals surface area contributed by atoms with Crippen molar-refractivity contribution >= 4 is 5.78 Å². The molecular weight excluding hydrogens is 166 g/mol. The molecule has 1 rings (SSSR count). The third kappa shape index (κ3) is 3.87. The van der Waals surface area contributed by atoms with Gasteiger partial charge >= 0.3 is 0 Å². The molecule has 3 heteroatoms. The van der Waals surface area contributed by atoms with Crippen molar-refractivity contribution in [2.24, 2.45) is 0 Å². The van der Waals surface area contributed by atoms with Gasteiger partial charge in [0.05, 0.1) is 13.2 Å². The second kappa shape index (κ2) is 6.11. The minimum atomic E-state index is -0.161. The number of Topliss-reactive ketones (excluding diaryl/α,β-unsaturated/α-hetero) is 1. The predicted molar refractivity (Wildman–Crippen MR) is 50.8 cm³/mol. The fourth-order valence-corrected chi connectivity index (χ4v) is 1.43. The molecule has 0 saturated carbocycles. The van der Waals surface area contributed by atoms with Crippen LogP contribution < -0.4 is 5.32 Å². The molecule has 0 aromatic rings. The minimum absolute atomic E-state index is 0.161. The van der Waals surface area contributed by atoms with Crippen molar-refractivity contribution in [3.63, 3.8) is 0 Å². The normalized spacial score (nSPS) is 23.0. The van der Waals surface area contributed by atoms with Crippen molar-refractivity contribution in [1.82, 2.24) is 5.32 Å². The van der Waals surface area contributed by atoms with Crippen molar-refractivity contribution in [2.45, 2.75) is 38.6 Å². The molecule has 1 heterocycles. The quantitative estimate of drug-likeness (QED) is 0.601. The number of carbonyl (C=O) groups is 1. The van der Waals surface area contributed by atoms with E-state index in [0.717, 1.165) is 19.3 Å². The Bertz CT molecular complexity index is 153. The zero-order chi connectivity index (χ0) is 9.52.